The molecule has 1 aliphatic heterocycles. The largest absolute Gasteiger partial charge is 0.342 e. The van der Waals surface area contributed by atoms with Crippen molar-refractivity contribution in [2.75, 3.05) is 19.6 Å². The highest BCUT2D eigenvalue weighted by atomic mass is 19.1. The van der Waals surface area contributed by atoms with Crippen LogP contribution in [0.2, 0.25) is 0 Å². The molecule has 2 aliphatic rings. The Labute approximate surface area is 197 Å². The number of amides is 2. The number of carbonyl (C=O) groups excluding carboxylic acids is 3. The summed E-state index contributed by atoms with van der Waals surface area (Å²) >= 11 is 0. The first kappa shape index (κ1) is 25.3. The molecule has 2 atom stereocenters. The second-order valence-electron chi connectivity index (χ2n) is 9.61. The van der Waals surface area contributed by atoms with Crippen LogP contribution < -0.4 is 11.1 Å². The summed E-state index contributed by atoms with van der Waals surface area (Å²) in [5.74, 6) is -3.79. The van der Waals surface area contributed by atoms with Gasteiger partial charge in [0.15, 0.2) is 5.78 Å². The van der Waals surface area contributed by atoms with Crippen molar-refractivity contribution in [2.24, 2.45) is 17.6 Å². The van der Waals surface area contributed by atoms with E-state index in [1.54, 1.807) is 18.7 Å². The predicted molar refractivity (Wildman–Crippen MR) is 126 cm³/mol. The van der Waals surface area contributed by atoms with E-state index in [-0.39, 0.29) is 51.0 Å². The summed E-state index contributed by atoms with van der Waals surface area (Å²) in [6, 6.07) is 1.68. The van der Waals surface area contributed by atoms with Gasteiger partial charge in [-0.1, -0.05) is 39.2 Å². The predicted octanol–water partition coefficient (Wildman–Crippen LogP) is 4.03. The van der Waals surface area contributed by atoms with Crippen LogP contribution in [0.15, 0.2) is 12.1 Å². The lowest BCUT2D eigenvalue weighted by molar-refractivity contribution is -0.130. The molecule has 0 bridgehead atoms. The van der Waals surface area contributed by atoms with E-state index in [2.05, 4.69) is 5.32 Å². The summed E-state index contributed by atoms with van der Waals surface area (Å²) in [6.07, 6.45) is 5.93. The zero-order chi connectivity index (χ0) is 24.1. The number of nitrogens with one attached hydrogen (secondary N) is 1. The van der Waals surface area contributed by atoms with Crippen LogP contribution in [-0.4, -0.2) is 48.2 Å². The first-order valence-electron chi connectivity index (χ1n) is 12.0. The molecule has 2 fully saturated rings. The molecule has 2 amide bonds. The monoisotopic (exact) mass is 467 g/mol. The fraction of sp³-hybridized carbons (Fsp3) is 0.640. The van der Waals surface area contributed by atoms with Crippen molar-refractivity contribution in [3.05, 3.63) is 34.9 Å². The number of Topliss-reactive ketones (excluding diaryl/α,β-unsaturated/α-hetero) is 1. The van der Waals surface area contributed by atoms with E-state index < -0.39 is 29.1 Å². The van der Waals surface area contributed by atoms with E-state index in [0.29, 0.717) is 19.4 Å². The number of halogens is 2. The summed E-state index contributed by atoms with van der Waals surface area (Å²) in [5.41, 5.74) is 5.01. The SMILES string of the molecule is CC(C)C(=O)[C@H](NC(=O)c1c(F)ccc(C2CCCN(C(=O)CN)C2)c1F)C1CCCCC1.[HH].[HH]. The second-order valence-corrected chi connectivity index (χ2v) is 9.61. The number of nitrogens with zero attached hydrogens (tertiary/aromatic N) is 1. The summed E-state index contributed by atoms with van der Waals surface area (Å²) in [4.78, 5) is 39.5. The van der Waals surface area contributed by atoms with Crippen molar-refractivity contribution in [1.29, 1.82) is 0 Å². The van der Waals surface area contributed by atoms with Crippen molar-refractivity contribution < 1.29 is 26.0 Å². The normalized spacial score (nSPS) is 20.5. The molecule has 1 saturated heterocycles. The van der Waals surface area contributed by atoms with Crippen molar-refractivity contribution in [2.45, 2.75) is 70.8 Å². The molecule has 8 heteroatoms. The molecule has 1 aliphatic carbocycles. The minimum Gasteiger partial charge on any atom is -0.342 e. The Hall–Kier alpha value is -2.35. The molecule has 1 unspecified atom stereocenters. The summed E-state index contributed by atoms with van der Waals surface area (Å²) < 4.78 is 30.2. The first-order chi connectivity index (χ1) is 15.7. The highest BCUT2D eigenvalue weighted by molar-refractivity contribution is 5.99. The van der Waals surface area contributed by atoms with Crippen LogP contribution in [0.3, 0.4) is 0 Å². The van der Waals surface area contributed by atoms with Gasteiger partial charge in [0, 0.05) is 27.8 Å². The van der Waals surface area contributed by atoms with Gasteiger partial charge in [-0.05, 0) is 43.2 Å². The maximum Gasteiger partial charge on any atom is 0.257 e. The summed E-state index contributed by atoms with van der Waals surface area (Å²) in [5, 5.41) is 2.68. The number of hydrogen-bond donors (Lipinski definition) is 2. The molecule has 3 N–H and O–H groups in total. The van der Waals surface area contributed by atoms with Crippen LogP contribution in [0.5, 0.6) is 0 Å². The Morgan fingerprint density at radius 3 is 2.45 bits per heavy atom. The number of rotatable bonds is 7. The van der Waals surface area contributed by atoms with E-state index in [9.17, 15) is 18.8 Å². The van der Waals surface area contributed by atoms with Gasteiger partial charge in [-0.2, -0.15) is 0 Å². The van der Waals surface area contributed by atoms with Gasteiger partial charge >= 0.3 is 0 Å². The molecule has 0 aromatic heterocycles. The molecule has 3 rings (SSSR count). The lowest BCUT2D eigenvalue weighted by Gasteiger charge is -2.33. The van der Waals surface area contributed by atoms with Crippen molar-refractivity contribution in [1.82, 2.24) is 10.2 Å². The third kappa shape index (κ3) is 5.78. The van der Waals surface area contributed by atoms with Gasteiger partial charge in [-0.15, -0.1) is 0 Å². The van der Waals surface area contributed by atoms with E-state index in [1.165, 1.54) is 6.07 Å². The molecule has 0 spiro atoms. The van der Waals surface area contributed by atoms with Crippen LogP contribution in [0.1, 0.15) is 83.5 Å². The third-order valence-electron chi connectivity index (χ3n) is 7.02. The molecular formula is C25H39F2N3O3. The first-order valence-corrected chi connectivity index (χ1v) is 12.0. The topological polar surface area (TPSA) is 92.5 Å². The fourth-order valence-corrected chi connectivity index (χ4v) is 5.14. The average Bonchev–Trinajstić information content (AvgIpc) is 2.82. The smallest absolute Gasteiger partial charge is 0.257 e. The quantitative estimate of drug-likeness (QED) is 0.633. The standard InChI is InChI=1S/C25H35F2N3O3.2H2/c1-15(2)24(32)23(16-7-4-3-5-8-16)29-25(33)21-19(26)11-10-18(22(21)27)17-9-6-12-30(14-17)20(31)13-28;;/h10-11,15-17,23H,3-9,12-14,28H2,1-2H3,(H,29,33);2*1H/t17?,23-;;/m1../s1. The minimum absolute atomic E-state index is 0. The highest BCUT2D eigenvalue weighted by Gasteiger charge is 2.35. The third-order valence-corrected chi connectivity index (χ3v) is 7.02. The molecule has 0 radical (unpaired) electrons. The van der Waals surface area contributed by atoms with Gasteiger partial charge in [0.2, 0.25) is 5.91 Å². The summed E-state index contributed by atoms with van der Waals surface area (Å²) in [7, 11) is 0. The number of carbonyl (C=O) groups is 3. The molecule has 1 heterocycles. The van der Waals surface area contributed by atoms with Gasteiger partial charge in [-0.25, -0.2) is 8.78 Å². The Morgan fingerprint density at radius 2 is 1.82 bits per heavy atom. The molecule has 1 aromatic carbocycles. The Balaban J connectivity index is 0.00000306. The maximum atomic E-state index is 15.5. The van der Waals surface area contributed by atoms with Crippen LogP contribution in [0, 0.1) is 23.5 Å². The zero-order valence-electron chi connectivity index (χ0n) is 19.5. The average molecular weight is 468 g/mol. The number of ketones is 1. The van der Waals surface area contributed by atoms with Gasteiger partial charge in [0.25, 0.3) is 5.91 Å². The van der Waals surface area contributed by atoms with E-state index in [4.69, 9.17) is 5.73 Å². The number of nitrogens with two attached hydrogens (primary N) is 1. The molecule has 33 heavy (non-hydrogen) atoms. The molecule has 1 saturated carbocycles. The van der Waals surface area contributed by atoms with Gasteiger partial charge in [0.1, 0.15) is 17.2 Å². The second kappa shape index (κ2) is 11.2. The summed E-state index contributed by atoms with van der Waals surface area (Å²) in [6.45, 7) is 4.23. The van der Waals surface area contributed by atoms with Crippen molar-refractivity contribution >= 4 is 17.6 Å². The van der Waals surface area contributed by atoms with Gasteiger partial charge in [0.05, 0.1) is 12.6 Å². The lowest BCUT2D eigenvalue weighted by Crippen LogP contribution is -2.48. The van der Waals surface area contributed by atoms with Crippen LogP contribution in [-0.2, 0) is 9.59 Å². The number of likely N-dealkylation sites (tertiary alicyclic amines) is 1. The number of piperidine rings is 1. The van der Waals surface area contributed by atoms with E-state index in [1.807, 2.05) is 0 Å². The number of benzene rings is 1. The minimum atomic E-state index is -0.959. The molecule has 1 aromatic rings. The van der Waals surface area contributed by atoms with Crippen LogP contribution in [0.4, 0.5) is 8.78 Å². The van der Waals surface area contributed by atoms with E-state index >= 15 is 4.39 Å². The van der Waals surface area contributed by atoms with Gasteiger partial charge < -0.3 is 16.0 Å². The Morgan fingerprint density at radius 1 is 1.12 bits per heavy atom. The maximum absolute atomic E-state index is 15.5. The zero-order valence-corrected chi connectivity index (χ0v) is 19.5. The Bertz CT molecular complexity index is 895. The fourth-order valence-electron chi connectivity index (χ4n) is 5.14. The van der Waals surface area contributed by atoms with Gasteiger partial charge in [-0.3, -0.25) is 14.4 Å². The lowest BCUT2D eigenvalue weighted by atomic mass is 9.80. The molecule has 6 nitrogen and oxygen atoms in total. The van der Waals surface area contributed by atoms with E-state index in [0.717, 1.165) is 38.2 Å². The Kier molecular flexibility index (Phi) is 8.57. The molecular weight excluding hydrogens is 428 g/mol. The molecule has 186 valence electrons. The number of hydrogen-bond acceptors (Lipinski definition) is 4. The highest BCUT2D eigenvalue weighted by Crippen LogP contribution is 2.32. The van der Waals surface area contributed by atoms with Crippen LogP contribution >= 0.6 is 0 Å². The van der Waals surface area contributed by atoms with Crippen molar-refractivity contribution in [3.63, 3.8) is 0 Å². The van der Waals surface area contributed by atoms with Crippen molar-refractivity contribution in [3.8, 4) is 0 Å². The van der Waals surface area contributed by atoms with Crippen LogP contribution in [0.25, 0.3) is 0 Å².